The number of hydroxylamine groups is 1. The van der Waals surface area contributed by atoms with Crippen molar-refractivity contribution in [2.75, 3.05) is 19.8 Å². The van der Waals surface area contributed by atoms with E-state index < -0.39 is 42.2 Å². The topological polar surface area (TPSA) is 117 Å². The van der Waals surface area contributed by atoms with Crippen molar-refractivity contribution in [1.29, 1.82) is 0 Å². The molecule has 1 aliphatic carbocycles. The summed E-state index contributed by atoms with van der Waals surface area (Å²) in [4.78, 5) is 37.4. The average Bonchev–Trinajstić information content (AvgIpc) is 2.73. The first-order chi connectivity index (χ1) is 14.0. The van der Waals surface area contributed by atoms with Crippen LogP contribution in [0.3, 0.4) is 0 Å². The molecule has 3 aliphatic rings. The Hall–Kier alpha value is -2.20. The third-order valence-electron chi connectivity index (χ3n) is 5.28. The number of carbonyl (C=O) groups is 3. The molecule has 0 saturated heterocycles. The van der Waals surface area contributed by atoms with Crippen molar-refractivity contribution in [2.24, 2.45) is 5.92 Å². The molecule has 0 aromatic rings. The van der Waals surface area contributed by atoms with Crippen LogP contribution in [0.4, 0.5) is 4.39 Å². The minimum Gasteiger partial charge on any atom is -0.374 e. The highest BCUT2D eigenvalue weighted by molar-refractivity contribution is 6.25. The molecule has 10 heteroatoms. The van der Waals surface area contributed by atoms with Gasteiger partial charge in [-0.1, -0.05) is 18.2 Å². The number of carbonyl (C=O) groups excluding carboxylic acids is 3. The maximum atomic E-state index is 12.8. The van der Waals surface area contributed by atoms with E-state index >= 15 is 0 Å². The first-order valence-electron chi connectivity index (χ1n) is 10.0. The molecule has 2 heterocycles. The van der Waals surface area contributed by atoms with Gasteiger partial charge in [0.2, 0.25) is 17.7 Å². The van der Waals surface area contributed by atoms with E-state index in [9.17, 15) is 18.8 Å². The van der Waals surface area contributed by atoms with E-state index in [1.165, 1.54) is 0 Å². The second kappa shape index (κ2) is 11.7. The summed E-state index contributed by atoms with van der Waals surface area (Å²) in [6.45, 7) is 0.0699. The standard InChI is InChI=1S/C19H29BFN3O5/c20-16-14(17(25)24-28)3-1-10-29-13-6-4-12(5-7-13)11-15(23-19(16)27)18(26)22-9-2-8-21/h4-6,13-16,28H,1-3,7-11,20H2,(H,22,26)(H,23,27)(H,24,25)/t13?,14-,15-,16+/m0/s1. The molecule has 160 valence electrons. The minimum atomic E-state index is -0.848. The summed E-state index contributed by atoms with van der Waals surface area (Å²) in [5.74, 6) is -3.02. The molecule has 1 unspecified atom stereocenters. The van der Waals surface area contributed by atoms with Crippen molar-refractivity contribution in [2.45, 2.75) is 50.1 Å². The molecule has 0 saturated carbocycles. The number of halogens is 1. The normalized spacial score (nSPS) is 28.1. The van der Waals surface area contributed by atoms with E-state index in [0.717, 1.165) is 5.57 Å². The van der Waals surface area contributed by atoms with Gasteiger partial charge in [-0.2, -0.15) is 0 Å². The monoisotopic (exact) mass is 409 g/mol. The zero-order valence-electron chi connectivity index (χ0n) is 16.7. The third kappa shape index (κ3) is 6.97. The van der Waals surface area contributed by atoms with Crippen LogP contribution >= 0.6 is 0 Å². The number of ether oxygens (including phenoxy) is 1. The molecule has 0 aromatic heterocycles. The number of hydrogen-bond acceptors (Lipinski definition) is 5. The van der Waals surface area contributed by atoms with Crippen LogP contribution in [0, 0.1) is 5.92 Å². The summed E-state index contributed by atoms with van der Waals surface area (Å²) in [6.07, 6.45) is 7.75. The van der Waals surface area contributed by atoms with Crippen molar-refractivity contribution in [3.05, 3.63) is 23.8 Å². The molecule has 3 amide bonds. The number of hydrogen-bond donors (Lipinski definition) is 4. The van der Waals surface area contributed by atoms with Crippen LogP contribution in [0.5, 0.6) is 0 Å². The van der Waals surface area contributed by atoms with Crippen LogP contribution in [-0.2, 0) is 19.1 Å². The second-order valence-electron chi connectivity index (χ2n) is 7.40. The van der Waals surface area contributed by atoms with Gasteiger partial charge in [-0.25, -0.2) is 5.48 Å². The Bertz CT molecular complexity index is 658. The lowest BCUT2D eigenvalue weighted by Gasteiger charge is -2.27. The lowest BCUT2D eigenvalue weighted by molar-refractivity contribution is -0.137. The molecule has 4 N–H and O–H groups in total. The molecule has 0 fully saturated rings. The lowest BCUT2D eigenvalue weighted by atomic mass is 9.73. The van der Waals surface area contributed by atoms with Crippen LogP contribution in [0.25, 0.3) is 0 Å². The molecule has 2 aliphatic heterocycles. The Balaban J connectivity index is 2.20. The van der Waals surface area contributed by atoms with E-state index in [-0.39, 0.29) is 25.5 Å². The number of alkyl halides is 1. The Morgan fingerprint density at radius 2 is 2.17 bits per heavy atom. The Kier molecular flexibility index (Phi) is 9.33. The van der Waals surface area contributed by atoms with Gasteiger partial charge in [-0.05, 0) is 31.3 Å². The fourth-order valence-electron chi connectivity index (χ4n) is 3.48. The van der Waals surface area contributed by atoms with Gasteiger partial charge in [-0.3, -0.25) is 24.0 Å². The van der Waals surface area contributed by atoms with Crippen molar-refractivity contribution in [3.63, 3.8) is 0 Å². The first-order valence-corrected chi connectivity index (χ1v) is 10.0. The summed E-state index contributed by atoms with van der Waals surface area (Å²) < 4.78 is 18.1. The zero-order valence-corrected chi connectivity index (χ0v) is 16.7. The van der Waals surface area contributed by atoms with Crippen LogP contribution in [-0.4, -0.2) is 62.7 Å². The summed E-state index contributed by atoms with van der Waals surface area (Å²) in [5, 5.41) is 14.4. The molecular weight excluding hydrogens is 380 g/mol. The molecule has 0 radical (unpaired) electrons. The van der Waals surface area contributed by atoms with E-state index in [1.54, 1.807) is 13.3 Å². The van der Waals surface area contributed by atoms with Crippen LogP contribution < -0.4 is 16.1 Å². The van der Waals surface area contributed by atoms with E-state index in [4.69, 9.17) is 9.94 Å². The van der Waals surface area contributed by atoms with Gasteiger partial charge >= 0.3 is 0 Å². The largest absolute Gasteiger partial charge is 0.374 e. The molecule has 0 spiro atoms. The highest BCUT2D eigenvalue weighted by Crippen LogP contribution is 2.24. The number of amides is 3. The Morgan fingerprint density at radius 3 is 2.83 bits per heavy atom. The fourth-order valence-corrected chi connectivity index (χ4v) is 3.48. The number of nitrogens with one attached hydrogen (secondary N) is 3. The highest BCUT2D eigenvalue weighted by Gasteiger charge is 2.32. The van der Waals surface area contributed by atoms with Gasteiger partial charge in [0.05, 0.1) is 12.8 Å². The summed E-state index contributed by atoms with van der Waals surface area (Å²) >= 11 is 0. The molecule has 8 nitrogen and oxygen atoms in total. The number of fused-ring (bicyclic) bond motifs is 10. The maximum absolute atomic E-state index is 12.8. The fraction of sp³-hybridized carbons (Fsp3) is 0.632. The Morgan fingerprint density at radius 1 is 1.38 bits per heavy atom. The molecular formula is C19H29BFN3O5. The quantitative estimate of drug-likeness (QED) is 0.220. The summed E-state index contributed by atoms with van der Waals surface area (Å²) in [7, 11) is 1.59. The van der Waals surface area contributed by atoms with Gasteiger partial charge < -0.3 is 15.4 Å². The zero-order chi connectivity index (χ0) is 21.2. The van der Waals surface area contributed by atoms with E-state index in [0.29, 0.717) is 25.9 Å². The van der Waals surface area contributed by atoms with E-state index in [1.807, 2.05) is 18.2 Å². The smallest absolute Gasteiger partial charge is 0.246 e. The average molecular weight is 409 g/mol. The summed E-state index contributed by atoms with van der Waals surface area (Å²) in [6, 6.07) is -0.848. The number of rotatable bonds is 5. The lowest BCUT2D eigenvalue weighted by Crippen LogP contribution is -2.49. The second-order valence-corrected chi connectivity index (χ2v) is 7.40. The SMILES string of the molecule is B[C@H]1C(=O)N[C@H](C(=O)NCCCF)CC2=CCC(C=C2)OCCC[C@@H]1C(=O)NO. The maximum Gasteiger partial charge on any atom is 0.246 e. The molecule has 3 rings (SSSR count). The van der Waals surface area contributed by atoms with Crippen molar-refractivity contribution < 1.29 is 28.7 Å². The van der Waals surface area contributed by atoms with Crippen molar-refractivity contribution in [3.8, 4) is 0 Å². The summed E-state index contributed by atoms with van der Waals surface area (Å²) in [5.41, 5.74) is 2.51. The highest BCUT2D eigenvalue weighted by atomic mass is 19.1. The molecule has 2 bridgehead atoms. The van der Waals surface area contributed by atoms with Gasteiger partial charge in [-0.15, -0.1) is 0 Å². The molecule has 29 heavy (non-hydrogen) atoms. The van der Waals surface area contributed by atoms with Gasteiger partial charge in [0.15, 0.2) is 0 Å². The predicted molar refractivity (Wildman–Crippen MR) is 107 cm³/mol. The van der Waals surface area contributed by atoms with Crippen molar-refractivity contribution >= 4 is 25.6 Å². The van der Waals surface area contributed by atoms with Gasteiger partial charge in [0, 0.05) is 31.3 Å². The predicted octanol–water partition coefficient (Wildman–Crippen LogP) is -0.0544. The first kappa shape index (κ1) is 23.1. The third-order valence-corrected chi connectivity index (χ3v) is 5.28. The van der Waals surface area contributed by atoms with Gasteiger partial charge in [0.25, 0.3) is 0 Å². The van der Waals surface area contributed by atoms with Crippen LogP contribution in [0.15, 0.2) is 23.8 Å². The van der Waals surface area contributed by atoms with Crippen LogP contribution in [0.1, 0.15) is 32.1 Å². The number of allylic oxidation sites excluding steroid dienone is 1. The van der Waals surface area contributed by atoms with Crippen LogP contribution in [0.2, 0.25) is 5.82 Å². The molecule has 0 aromatic carbocycles. The Labute approximate surface area is 170 Å². The van der Waals surface area contributed by atoms with Gasteiger partial charge in [0.1, 0.15) is 13.9 Å². The van der Waals surface area contributed by atoms with Crippen molar-refractivity contribution in [1.82, 2.24) is 16.1 Å². The minimum absolute atomic E-state index is 0.0735. The van der Waals surface area contributed by atoms with E-state index in [2.05, 4.69) is 10.6 Å². The molecule has 4 atom stereocenters.